The molecule has 1 aliphatic carbocycles. The fourth-order valence-electron chi connectivity index (χ4n) is 3.75. The summed E-state index contributed by atoms with van der Waals surface area (Å²) in [6.07, 6.45) is 4.89. The Hall–Kier alpha value is -2.74. The summed E-state index contributed by atoms with van der Waals surface area (Å²) in [5.41, 5.74) is 2.49. The van der Waals surface area contributed by atoms with Crippen LogP contribution < -0.4 is 5.32 Å². The van der Waals surface area contributed by atoms with E-state index < -0.39 is 9.84 Å². The Bertz CT molecular complexity index is 1140. The van der Waals surface area contributed by atoms with Gasteiger partial charge < -0.3 is 5.32 Å². The number of amides is 1. The quantitative estimate of drug-likeness (QED) is 0.728. The van der Waals surface area contributed by atoms with Gasteiger partial charge in [0.15, 0.2) is 15.5 Å². The maximum absolute atomic E-state index is 12.6. The minimum atomic E-state index is -3.29. The number of carbonyl (C=O) groups excluding carboxylic acids is 1. The highest BCUT2D eigenvalue weighted by atomic mass is 32.2. The molecule has 0 bridgehead atoms. The molecule has 2 aromatic heterocycles. The fourth-order valence-corrected chi connectivity index (χ4v) is 5.61. The van der Waals surface area contributed by atoms with Gasteiger partial charge in [-0.2, -0.15) is 5.10 Å². The summed E-state index contributed by atoms with van der Waals surface area (Å²) >= 11 is 0. The molecule has 8 heteroatoms. The molecule has 0 radical (unpaired) electrons. The van der Waals surface area contributed by atoms with Gasteiger partial charge in [-0.05, 0) is 50.1 Å². The van der Waals surface area contributed by atoms with Crippen LogP contribution in [0.3, 0.4) is 0 Å². The number of nitrogens with one attached hydrogen (secondary N) is 1. The van der Waals surface area contributed by atoms with Crippen molar-refractivity contribution in [2.45, 2.75) is 42.8 Å². The lowest BCUT2D eigenvalue weighted by Crippen LogP contribution is -2.18. The van der Waals surface area contributed by atoms with Crippen LogP contribution in [0, 0.1) is 6.92 Å². The van der Waals surface area contributed by atoms with Crippen LogP contribution in [0.15, 0.2) is 41.4 Å². The van der Waals surface area contributed by atoms with Crippen molar-refractivity contribution in [2.75, 3.05) is 5.32 Å². The van der Waals surface area contributed by atoms with E-state index in [1.54, 1.807) is 35.0 Å². The van der Waals surface area contributed by atoms with E-state index in [4.69, 9.17) is 0 Å². The fraction of sp³-hybridized carbons (Fsp3) is 0.350. The second-order valence-corrected chi connectivity index (χ2v) is 9.46. The van der Waals surface area contributed by atoms with Gasteiger partial charge in [-0.3, -0.25) is 9.48 Å². The molecule has 1 N–H and O–H groups in total. The van der Waals surface area contributed by atoms with Crippen molar-refractivity contribution >= 4 is 32.5 Å². The third-order valence-corrected chi connectivity index (χ3v) is 7.59. The molecular formula is C20H22N4O3S. The summed E-state index contributed by atoms with van der Waals surface area (Å²) in [7, 11) is -1.49. The Kier molecular flexibility index (Phi) is 4.66. The zero-order valence-electron chi connectivity index (χ0n) is 15.8. The van der Waals surface area contributed by atoms with E-state index in [9.17, 15) is 13.2 Å². The van der Waals surface area contributed by atoms with Crippen molar-refractivity contribution in [3.63, 3.8) is 0 Å². The smallest absolute Gasteiger partial charge is 0.257 e. The monoisotopic (exact) mass is 398 g/mol. The van der Waals surface area contributed by atoms with Gasteiger partial charge >= 0.3 is 0 Å². The third-order valence-electron chi connectivity index (χ3n) is 5.31. The summed E-state index contributed by atoms with van der Waals surface area (Å²) in [6.45, 7) is 1.87. The van der Waals surface area contributed by atoms with Crippen molar-refractivity contribution in [3.8, 4) is 0 Å². The first-order valence-corrected chi connectivity index (χ1v) is 10.9. The summed E-state index contributed by atoms with van der Waals surface area (Å²) in [5.74, 6) is -0.302. The van der Waals surface area contributed by atoms with Crippen LogP contribution in [0.4, 0.5) is 5.69 Å². The summed E-state index contributed by atoms with van der Waals surface area (Å²) in [4.78, 5) is 17.2. The average molecular weight is 398 g/mol. The van der Waals surface area contributed by atoms with Crippen LogP contribution in [-0.4, -0.2) is 34.3 Å². The molecule has 0 unspecified atom stereocenters. The Labute approximate surface area is 163 Å². The first-order chi connectivity index (χ1) is 13.4. The molecule has 1 aliphatic rings. The van der Waals surface area contributed by atoms with Gasteiger partial charge in [0, 0.05) is 24.3 Å². The SMILES string of the molecule is Cc1nn(C)c2ncc(C(=O)Nc3ccc(S(=O)(=O)C4CCCC4)cc3)cc12. The van der Waals surface area contributed by atoms with Crippen molar-refractivity contribution in [2.24, 2.45) is 7.05 Å². The third kappa shape index (κ3) is 3.28. The normalized spacial score (nSPS) is 15.2. The van der Waals surface area contributed by atoms with E-state index in [0.29, 0.717) is 16.1 Å². The highest BCUT2D eigenvalue weighted by Crippen LogP contribution is 2.30. The lowest BCUT2D eigenvalue weighted by molar-refractivity contribution is 0.102. The van der Waals surface area contributed by atoms with Gasteiger partial charge in [-0.25, -0.2) is 13.4 Å². The molecule has 0 aliphatic heterocycles. The van der Waals surface area contributed by atoms with Crippen LogP contribution in [0.5, 0.6) is 0 Å². The number of hydrogen-bond acceptors (Lipinski definition) is 5. The topological polar surface area (TPSA) is 93.9 Å². The van der Waals surface area contributed by atoms with E-state index in [-0.39, 0.29) is 11.2 Å². The van der Waals surface area contributed by atoms with E-state index >= 15 is 0 Å². The molecule has 1 aromatic carbocycles. The standard InChI is InChI=1S/C20H22N4O3S/c1-13-18-11-14(12-21-19(18)24(2)23-13)20(25)22-15-7-9-17(10-8-15)28(26,27)16-5-3-4-6-16/h7-12,16H,3-6H2,1-2H3,(H,22,25). The minimum absolute atomic E-state index is 0.284. The van der Waals surface area contributed by atoms with Gasteiger partial charge in [0.2, 0.25) is 0 Å². The number of hydrogen-bond donors (Lipinski definition) is 1. The predicted octanol–water partition coefficient (Wildman–Crippen LogP) is 3.25. The summed E-state index contributed by atoms with van der Waals surface area (Å²) in [5, 5.41) is 7.65. The van der Waals surface area contributed by atoms with Crippen molar-refractivity contribution < 1.29 is 13.2 Å². The molecule has 1 saturated carbocycles. The second-order valence-electron chi connectivity index (χ2n) is 7.23. The zero-order valence-corrected chi connectivity index (χ0v) is 16.7. The van der Waals surface area contributed by atoms with Crippen LogP contribution in [0.1, 0.15) is 41.7 Å². The molecule has 28 heavy (non-hydrogen) atoms. The van der Waals surface area contributed by atoms with E-state index in [1.807, 2.05) is 14.0 Å². The van der Waals surface area contributed by atoms with Crippen LogP contribution in [-0.2, 0) is 16.9 Å². The molecule has 3 aromatic rings. The molecule has 7 nitrogen and oxygen atoms in total. The number of anilines is 1. The first-order valence-electron chi connectivity index (χ1n) is 9.31. The maximum atomic E-state index is 12.6. The zero-order chi connectivity index (χ0) is 19.9. The maximum Gasteiger partial charge on any atom is 0.257 e. The number of rotatable bonds is 4. The molecule has 1 amide bonds. The number of aryl methyl sites for hydroxylation is 2. The highest BCUT2D eigenvalue weighted by molar-refractivity contribution is 7.92. The molecular weight excluding hydrogens is 376 g/mol. The summed E-state index contributed by atoms with van der Waals surface area (Å²) in [6, 6.07) is 8.15. The molecule has 0 saturated heterocycles. The average Bonchev–Trinajstić information content (AvgIpc) is 3.31. The Balaban J connectivity index is 1.53. The van der Waals surface area contributed by atoms with Crippen molar-refractivity contribution in [1.29, 1.82) is 0 Å². The molecule has 4 rings (SSSR count). The van der Waals surface area contributed by atoms with Gasteiger partial charge in [0.05, 0.1) is 21.4 Å². The number of aromatic nitrogens is 3. The van der Waals surface area contributed by atoms with E-state index in [2.05, 4.69) is 15.4 Å². The van der Waals surface area contributed by atoms with Gasteiger partial charge in [-0.15, -0.1) is 0 Å². The molecule has 1 fully saturated rings. The molecule has 146 valence electrons. The number of sulfone groups is 1. The summed E-state index contributed by atoms with van der Waals surface area (Å²) < 4.78 is 27.0. The number of benzene rings is 1. The number of pyridine rings is 1. The van der Waals surface area contributed by atoms with Crippen molar-refractivity contribution in [1.82, 2.24) is 14.8 Å². The highest BCUT2D eigenvalue weighted by Gasteiger charge is 2.30. The largest absolute Gasteiger partial charge is 0.322 e. The predicted molar refractivity (Wildman–Crippen MR) is 107 cm³/mol. The van der Waals surface area contributed by atoms with E-state index in [1.165, 1.54) is 6.20 Å². The van der Waals surface area contributed by atoms with Crippen molar-refractivity contribution in [3.05, 3.63) is 47.8 Å². The van der Waals surface area contributed by atoms with Crippen LogP contribution >= 0.6 is 0 Å². The Morgan fingerprint density at radius 3 is 2.54 bits per heavy atom. The van der Waals surface area contributed by atoms with Crippen LogP contribution in [0.25, 0.3) is 11.0 Å². The lowest BCUT2D eigenvalue weighted by Gasteiger charge is -2.12. The number of nitrogens with zero attached hydrogens (tertiary/aromatic N) is 3. The first kappa shape index (κ1) is 18.6. The van der Waals surface area contributed by atoms with Gasteiger partial charge in [0.1, 0.15) is 0 Å². The molecule has 2 heterocycles. The Morgan fingerprint density at radius 1 is 1.18 bits per heavy atom. The lowest BCUT2D eigenvalue weighted by atomic mass is 10.2. The van der Waals surface area contributed by atoms with Crippen LogP contribution in [0.2, 0.25) is 0 Å². The number of fused-ring (bicyclic) bond motifs is 1. The van der Waals surface area contributed by atoms with Gasteiger partial charge in [0.25, 0.3) is 5.91 Å². The van der Waals surface area contributed by atoms with Gasteiger partial charge in [-0.1, -0.05) is 12.8 Å². The second kappa shape index (κ2) is 7.01. The van der Waals surface area contributed by atoms with E-state index in [0.717, 1.165) is 42.4 Å². The Morgan fingerprint density at radius 2 is 1.86 bits per heavy atom. The molecule has 0 atom stereocenters. The minimum Gasteiger partial charge on any atom is -0.322 e. The number of carbonyl (C=O) groups is 1. The molecule has 0 spiro atoms.